The highest BCUT2D eigenvalue weighted by molar-refractivity contribution is 7.99. The first-order valence-electron chi connectivity index (χ1n) is 7.59. The van der Waals surface area contributed by atoms with Gasteiger partial charge in [-0.25, -0.2) is 0 Å². The number of nitrogens with two attached hydrogens (primary N) is 1. The number of hydrogen-bond acceptors (Lipinski definition) is 4. The van der Waals surface area contributed by atoms with Crippen LogP contribution in [0.1, 0.15) is 32.3 Å². The number of thioether (sulfide) groups is 1. The fourth-order valence-corrected chi connectivity index (χ4v) is 3.86. The highest BCUT2D eigenvalue weighted by Gasteiger charge is 2.21. The largest absolute Gasteiger partial charge is 0.389 e. The molecule has 1 saturated heterocycles. The van der Waals surface area contributed by atoms with Crippen LogP contribution in [0, 0.1) is 0 Å². The molecule has 0 bridgehead atoms. The smallest absolute Gasteiger partial charge is 0.107 e. The molecule has 2 N–H and O–H groups in total. The van der Waals surface area contributed by atoms with Gasteiger partial charge in [-0.05, 0) is 37.7 Å². The van der Waals surface area contributed by atoms with Gasteiger partial charge in [-0.15, -0.1) is 11.8 Å². The fraction of sp³-hybridized carbons (Fsp3) is 0.562. The summed E-state index contributed by atoms with van der Waals surface area (Å²) in [5.41, 5.74) is 8.16. The van der Waals surface area contributed by atoms with Crippen LogP contribution in [0.4, 0.5) is 5.69 Å². The van der Waals surface area contributed by atoms with E-state index in [9.17, 15) is 0 Å². The lowest BCUT2D eigenvalue weighted by Crippen LogP contribution is -2.33. The maximum Gasteiger partial charge on any atom is 0.107 e. The van der Waals surface area contributed by atoms with Crippen molar-refractivity contribution < 1.29 is 4.74 Å². The monoisotopic (exact) mass is 324 g/mol. The summed E-state index contributed by atoms with van der Waals surface area (Å²) in [4.78, 5) is 3.99. The molecule has 1 aromatic carbocycles. The van der Waals surface area contributed by atoms with Crippen molar-refractivity contribution in [3.05, 3.63) is 23.8 Å². The minimum absolute atomic E-state index is 0.326. The molecule has 116 valence electrons. The van der Waals surface area contributed by atoms with E-state index in [1.54, 1.807) is 11.8 Å². The second-order valence-corrected chi connectivity index (χ2v) is 6.87. The summed E-state index contributed by atoms with van der Waals surface area (Å²) in [5, 5.41) is 0. The van der Waals surface area contributed by atoms with E-state index in [4.69, 9.17) is 22.7 Å². The molecule has 3 nitrogen and oxygen atoms in total. The number of anilines is 1. The molecule has 1 heterocycles. The third-order valence-corrected chi connectivity index (χ3v) is 4.86. The molecule has 0 spiro atoms. The van der Waals surface area contributed by atoms with Crippen LogP contribution in [-0.4, -0.2) is 36.5 Å². The Hall–Kier alpha value is -0.780. The minimum atomic E-state index is 0.326. The maximum absolute atomic E-state index is 6.01. The van der Waals surface area contributed by atoms with Gasteiger partial charge in [-0.2, -0.15) is 0 Å². The number of likely N-dealkylation sites (N-methyl/N-ethyl adjacent to an activating group) is 1. The number of hydrogen-bond donors (Lipinski definition) is 1. The van der Waals surface area contributed by atoms with Gasteiger partial charge < -0.3 is 15.4 Å². The Balaban J connectivity index is 2.30. The van der Waals surface area contributed by atoms with Crippen molar-refractivity contribution in [1.29, 1.82) is 0 Å². The lowest BCUT2D eigenvalue weighted by atomic mass is 10.1. The molecule has 1 aliphatic rings. The summed E-state index contributed by atoms with van der Waals surface area (Å²) in [6.45, 7) is 7.03. The molecule has 0 aliphatic carbocycles. The lowest BCUT2D eigenvalue weighted by molar-refractivity contribution is 0.115. The van der Waals surface area contributed by atoms with Crippen molar-refractivity contribution in [3.8, 4) is 0 Å². The fourth-order valence-electron chi connectivity index (χ4n) is 2.74. The molecule has 0 saturated carbocycles. The van der Waals surface area contributed by atoms with Crippen molar-refractivity contribution in [2.24, 2.45) is 5.73 Å². The lowest BCUT2D eigenvalue weighted by Gasteiger charge is -2.29. The number of nitrogens with zero attached hydrogens (tertiary/aromatic N) is 1. The first-order chi connectivity index (χ1) is 10.2. The first kappa shape index (κ1) is 16.6. The zero-order valence-corrected chi connectivity index (χ0v) is 14.4. The van der Waals surface area contributed by atoms with E-state index in [0.29, 0.717) is 11.1 Å². The van der Waals surface area contributed by atoms with E-state index >= 15 is 0 Å². The summed E-state index contributed by atoms with van der Waals surface area (Å²) in [7, 11) is 0. The summed E-state index contributed by atoms with van der Waals surface area (Å²) >= 11 is 7.10. The topological polar surface area (TPSA) is 38.5 Å². The summed E-state index contributed by atoms with van der Waals surface area (Å²) < 4.78 is 5.77. The highest BCUT2D eigenvalue weighted by Crippen LogP contribution is 2.31. The third-order valence-electron chi connectivity index (χ3n) is 3.72. The molecule has 5 heteroatoms. The standard InChI is InChI=1S/C16H24N2OS2/c1-3-18(11-12-7-6-10-19-12)13-8-5-9-14(21-4-2)15(13)16(17)20/h5,8-9,12H,3-4,6-7,10-11H2,1-2H3,(H2,17,20). The van der Waals surface area contributed by atoms with Gasteiger partial charge in [0.25, 0.3) is 0 Å². The van der Waals surface area contributed by atoms with Gasteiger partial charge in [0.15, 0.2) is 0 Å². The molecule has 21 heavy (non-hydrogen) atoms. The quantitative estimate of drug-likeness (QED) is 0.614. The van der Waals surface area contributed by atoms with Crippen molar-refractivity contribution in [1.82, 2.24) is 0 Å². The Labute approximate surface area is 137 Å². The van der Waals surface area contributed by atoms with Crippen LogP contribution in [-0.2, 0) is 4.74 Å². The van der Waals surface area contributed by atoms with Crippen LogP contribution in [0.15, 0.2) is 23.1 Å². The van der Waals surface area contributed by atoms with Gasteiger partial charge in [0.05, 0.1) is 6.10 Å². The Bertz CT molecular complexity index is 487. The molecule has 1 aromatic rings. The van der Waals surface area contributed by atoms with Gasteiger partial charge in [0.1, 0.15) is 4.99 Å². The Kier molecular flexibility index (Phi) is 6.33. The van der Waals surface area contributed by atoms with Crippen molar-refractivity contribution in [2.45, 2.75) is 37.7 Å². The molecule has 0 radical (unpaired) electrons. The van der Waals surface area contributed by atoms with Crippen LogP contribution in [0.25, 0.3) is 0 Å². The van der Waals surface area contributed by atoms with Gasteiger partial charge in [0, 0.05) is 35.8 Å². The zero-order valence-electron chi connectivity index (χ0n) is 12.8. The summed E-state index contributed by atoms with van der Waals surface area (Å²) in [6.07, 6.45) is 2.63. The van der Waals surface area contributed by atoms with E-state index in [-0.39, 0.29) is 0 Å². The third kappa shape index (κ3) is 4.11. The maximum atomic E-state index is 6.01. The van der Waals surface area contributed by atoms with Crippen LogP contribution in [0.3, 0.4) is 0 Å². The van der Waals surface area contributed by atoms with Crippen LogP contribution in [0.2, 0.25) is 0 Å². The molecule has 0 amide bonds. The van der Waals surface area contributed by atoms with Gasteiger partial charge in [0.2, 0.25) is 0 Å². The van der Waals surface area contributed by atoms with Crippen LogP contribution >= 0.6 is 24.0 Å². The van der Waals surface area contributed by atoms with Gasteiger partial charge >= 0.3 is 0 Å². The summed E-state index contributed by atoms with van der Waals surface area (Å²) in [5.74, 6) is 1.01. The van der Waals surface area contributed by atoms with E-state index in [1.165, 1.54) is 4.90 Å². The molecular formula is C16H24N2OS2. The Morgan fingerprint density at radius 2 is 2.29 bits per heavy atom. The predicted octanol–water partition coefficient (Wildman–Crippen LogP) is 3.44. The minimum Gasteiger partial charge on any atom is -0.389 e. The molecule has 2 rings (SSSR count). The highest BCUT2D eigenvalue weighted by atomic mass is 32.2. The van der Waals surface area contributed by atoms with Crippen molar-refractivity contribution >= 4 is 34.7 Å². The zero-order chi connectivity index (χ0) is 15.2. The Morgan fingerprint density at radius 3 is 2.86 bits per heavy atom. The number of rotatable bonds is 7. The van der Waals surface area contributed by atoms with E-state index in [0.717, 1.165) is 49.5 Å². The molecule has 1 unspecified atom stereocenters. The van der Waals surface area contributed by atoms with E-state index in [2.05, 4.69) is 36.9 Å². The average molecular weight is 325 g/mol. The molecule has 0 aromatic heterocycles. The first-order valence-corrected chi connectivity index (χ1v) is 8.98. The molecule has 1 aliphatic heterocycles. The van der Waals surface area contributed by atoms with Crippen LogP contribution in [0.5, 0.6) is 0 Å². The van der Waals surface area contributed by atoms with E-state index < -0.39 is 0 Å². The van der Waals surface area contributed by atoms with Gasteiger partial charge in [-0.1, -0.05) is 25.2 Å². The number of thiocarbonyl (C=S) groups is 1. The normalized spacial score (nSPS) is 17.9. The summed E-state index contributed by atoms with van der Waals surface area (Å²) in [6, 6.07) is 6.31. The predicted molar refractivity (Wildman–Crippen MR) is 95.6 cm³/mol. The average Bonchev–Trinajstić information content (AvgIpc) is 2.97. The second-order valence-electron chi connectivity index (χ2n) is 5.12. The van der Waals surface area contributed by atoms with E-state index in [1.807, 2.05) is 0 Å². The SMILES string of the molecule is CCSc1cccc(N(CC)CC2CCCO2)c1C(N)=S. The molecule has 1 fully saturated rings. The Morgan fingerprint density at radius 1 is 1.48 bits per heavy atom. The molecular weight excluding hydrogens is 300 g/mol. The van der Waals surface area contributed by atoms with Gasteiger partial charge in [-0.3, -0.25) is 0 Å². The molecule has 1 atom stereocenters. The number of benzene rings is 1. The number of ether oxygens (including phenoxy) is 1. The van der Waals surface area contributed by atoms with Crippen molar-refractivity contribution in [2.75, 3.05) is 30.3 Å². The second kappa shape index (κ2) is 8.01. The van der Waals surface area contributed by atoms with Crippen molar-refractivity contribution in [3.63, 3.8) is 0 Å². The van der Waals surface area contributed by atoms with Crippen LogP contribution < -0.4 is 10.6 Å².